The lowest BCUT2D eigenvalue weighted by Crippen LogP contribution is -2.33. The predicted molar refractivity (Wildman–Crippen MR) is 57.5 cm³/mol. The van der Waals surface area contributed by atoms with Gasteiger partial charge in [-0.25, -0.2) is 9.18 Å². The van der Waals surface area contributed by atoms with Crippen molar-refractivity contribution in [2.24, 2.45) is 0 Å². The van der Waals surface area contributed by atoms with E-state index in [4.69, 9.17) is 5.11 Å². The Kier molecular flexibility index (Phi) is 3.04. The summed E-state index contributed by atoms with van der Waals surface area (Å²) in [6.07, 6.45) is 0.168. The number of aliphatic carboxylic acids is 1. The van der Waals surface area contributed by atoms with E-state index in [1.807, 2.05) is 0 Å². The second kappa shape index (κ2) is 4.49. The third kappa shape index (κ3) is 2.11. The highest BCUT2D eigenvalue weighted by molar-refractivity contribution is 5.82. The smallest absolute Gasteiger partial charge is 0.325 e. The number of hydrogen-bond acceptors (Lipinski definition) is 3. The van der Waals surface area contributed by atoms with Crippen LogP contribution in [0.5, 0.6) is 0 Å². The third-order valence-electron chi connectivity index (χ3n) is 2.80. The van der Waals surface area contributed by atoms with Gasteiger partial charge < -0.3 is 5.11 Å². The first-order valence-electron chi connectivity index (χ1n) is 5.10. The van der Waals surface area contributed by atoms with Crippen LogP contribution in [0.15, 0.2) is 29.8 Å². The topological polar surface area (TPSA) is 66.4 Å². The van der Waals surface area contributed by atoms with E-state index in [0.29, 0.717) is 5.56 Å². The quantitative estimate of drug-likeness (QED) is 0.752. The molecule has 88 valence electrons. The summed E-state index contributed by atoms with van der Waals surface area (Å²) in [5, 5.41) is 11.6. The number of halogens is 1. The SMILES string of the molecule is O=C=C1CC(c2ccccc2F)NC1C(=O)O. The van der Waals surface area contributed by atoms with E-state index in [1.54, 1.807) is 24.1 Å². The number of carbonyl (C=O) groups is 1. The summed E-state index contributed by atoms with van der Waals surface area (Å²) in [4.78, 5) is 21.5. The summed E-state index contributed by atoms with van der Waals surface area (Å²) in [6, 6.07) is 4.53. The van der Waals surface area contributed by atoms with E-state index < -0.39 is 23.9 Å². The van der Waals surface area contributed by atoms with Crippen LogP contribution >= 0.6 is 0 Å². The molecule has 0 radical (unpaired) electrons. The van der Waals surface area contributed by atoms with Crippen molar-refractivity contribution >= 4 is 11.9 Å². The summed E-state index contributed by atoms with van der Waals surface area (Å²) in [5.74, 6) is 0.0492. The summed E-state index contributed by atoms with van der Waals surface area (Å²) in [6.45, 7) is 0. The highest BCUT2D eigenvalue weighted by Crippen LogP contribution is 2.30. The van der Waals surface area contributed by atoms with E-state index >= 15 is 0 Å². The molecule has 2 atom stereocenters. The Morgan fingerprint density at radius 2 is 2.18 bits per heavy atom. The Bertz CT molecular complexity index is 508. The molecule has 2 rings (SSSR count). The van der Waals surface area contributed by atoms with Crippen LogP contribution in [0.1, 0.15) is 18.0 Å². The van der Waals surface area contributed by atoms with E-state index in [2.05, 4.69) is 5.32 Å². The van der Waals surface area contributed by atoms with Gasteiger partial charge in [-0.15, -0.1) is 0 Å². The molecule has 1 aromatic carbocycles. The van der Waals surface area contributed by atoms with Crippen LogP contribution < -0.4 is 5.32 Å². The molecule has 17 heavy (non-hydrogen) atoms. The van der Waals surface area contributed by atoms with Crippen molar-refractivity contribution in [1.29, 1.82) is 0 Å². The van der Waals surface area contributed by atoms with Crippen molar-refractivity contribution in [2.45, 2.75) is 18.5 Å². The highest BCUT2D eigenvalue weighted by Gasteiger charge is 2.36. The van der Waals surface area contributed by atoms with Crippen molar-refractivity contribution in [1.82, 2.24) is 5.32 Å². The number of carboxylic acids is 1. The lowest BCUT2D eigenvalue weighted by atomic mass is 10.0. The largest absolute Gasteiger partial charge is 0.480 e. The second-order valence-electron chi connectivity index (χ2n) is 3.84. The van der Waals surface area contributed by atoms with Crippen LogP contribution in [-0.4, -0.2) is 23.1 Å². The molecule has 0 amide bonds. The van der Waals surface area contributed by atoms with Crippen LogP contribution in [0.2, 0.25) is 0 Å². The molecule has 1 saturated heterocycles. The average molecular weight is 235 g/mol. The third-order valence-corrected chi connectivity index (χ3v) is 2.80. The summed E-state index contributed by atoms with van der Waals surface area (Å²) >= 11 is 0. The van der Waals surface area contributed by atoms with E-state index in [1.165, 1.54) is 6.07 Å². The van der Waals surface area contributed by atoms with E-state index in [0.717, 1.165) is 0 Å². The number of nitrogens with one attached hydrogen (secondary N) is 1. The van der Waals surface area contributed by atoms with Gasteiger partial charge in [0, 0.05) is 23.6 Å². The predicted octanol–water partition coefficient (Wildman–Crippen LogP) is 1.07. The Hall–Kier alpha value is -1.97. The monoisotopic (exact) mass is 235 g/mol. The molecule has 1 fully saturated rings. The van der Waals surface area contributed by atoms with Crippen LogP contribution in [0.3, 0.4) is 0 Å². The molecule has 1 aliphatic rings. The Morgan fingerprint density at radius 3 is 2.71 bits per heavy atom. The van der Waals surface area contributed by atoms with Crippen molar-refractivity contribution < 1.29 is 19.1 Å². The molecule has 4 nitrogen and oxygen atoms in total. The molecule has 1 heterocycles. The second-order valence-corrected chi connectivity index (χ2v) is 3.84. The maximum Gasteiger partial charge on any atom is 0.325 e. The molecule has 2 N–H and O–H groups in total. The first kappa shape index (κ1) is 11.5. The number of hydrogen-bond donors (Lipinski definition) is 2. The number of carbonyl (C=O) groups excluding carboxylic acids is 1. The van der Waals surface area contributed by atoms with Gasteiger partial charge in [-0.05, 0) is 6.07 Å². The van der Waals surface area contributed by atoms with Crippen LogP contribution in [-0.2, 0) is 9.59 Å². The van der Waals surface area contributed by atoms with Gasteiger partial charge >= 0.3 is 5.97 Å². The zero-order valence-corrected chi connectivity index (χ0v) is 8.81. The lowest BCUT2D eigenvalue weighted by molar-refractivity contribution is -0.138. The fourth-order valence-corrected chi connectivity index (χ4v) is 1.98. The Balaban J connectivity index is 2.30. The minimum absolute atomic E-state index is 0.116. The van der Waals surface area contributed by atoms with Crippen molar-refractivity contribution in [3.05, 3.63) is 41.2 Å². The van der Waals surface area contributed by atoms with Gasteiger partial charge in [0.2, 0.25) is 0 Å². The minimum atomic E-state index is -1.15. The molecule has 0 bridgehead atoms. The van der Waals surface area contributed by atoms with Crippen molar-refractivity contribution in [3.63, 3.8) is 0 Å². The van der Waals surface area contributed by atoms with Crippen LogP contribution in [0.4, 0.5) is 4.39 Å². The molecule has 0 saturated carbocycles. The first-order valence-corrected chi connectivity index (χ1v) is 5.10. The molecule has 5 heteroatoms. The van der Waals surface area contributed by atoms with Gasteiger partial charge in [0.15, 0.2) is 0 Å². The molecule has 1 aromatic rings. The lowest BCUT2D eigenvalue weighted by Gasteiger charge is -2.12. The molecule has 0 aliphatic carbocycles. The van der Waals surface area contributed by atoms with Gasteiger partial charge in [-0.1, -0.05) is 18.2 Å². The molecule has 1 aliphatic heterocycles. The molecule has 0 aromatic heterocycles. The zero-order chi connectivity index (χ0) is 12.4. The molecular formula is C12H10FNO3. The first-order chi connectivity index (χ1) is 8.13. The summed E-state index contributed by atoms with van der Waals surface area (Å²) in [5.41, 5.74) is 0.481. The van der Waals surface area contributed by atoms with Crippen molar-refractivity contribution in [3.8, 4) is 0 Å². The number of benzene rings is 1. The van der Waals surface area contributed by atoms with Gasteiger partial charge in [-0.3, -0.25) is 10.1 Å². The maximum absolute atomic E-state index is 13.5. The van der Waals surface area contributed by atoms with Gasteiger partial charge in [0.05, 0.1) is 0 Å². The number of rotatable bonds is 2. The minimum Gasteiger partial charge on any atom is -0.480 e. The van der Waals surface area contributed by atoms with Gasteiger partial charge in [0.25, 0.3) is 0 Å². The molecular weight excluding hydrogens is 225 g/mol. The number of carboxylic acid groups (broad SMARTS) is 1. The fraction of sp³-hybridized carbons (Fsp3) is 0.250. The maximum atomic E-state index is 13.5. The van der Waals surface area contributed by atoms with Gasteiger partial charge in [0.1, 0.15) is 17.8 Å². The average Bonchev–Trinajstić information content (AvgIpc) is 2.73. The summed E-state index contributed by atoms with van der Waals surface area (Å²) in [7, 11) is 0. The van der Waals surface area contributed by atoms with E-state index in [-0.39, 0.29) is 12.0 Å². The molecule has 2 unspecified atom stereocenters. The van der Waals surface area contributed by atoms with Crippen LogP contribution in [0.25, 0.3) is 0 Å². The molecule has 0 spiro atoms. The Labute approximate surface area is 96.8 Å². The van der Waals surface area contributed by atoms with Crippen molar-refractivity contribution in [2.75, 3.05) is 0 Å². The fourth-order valence-electron chi connectivity index (χ4n) is 1.98. The zero-order valence-electron chi connectivity index (χ0n) is 8.81. The summed E-state index contributed by atoms with van der Waals surface area (Å²) < 4.78 is 13.5. The Morgan fingerprint density at radius 1 is 1.47 bits per heavy atom. The normalized spacial score (nSPS) is 23.5. The van der Waals surface area contributed by atoms with Gasteiger partial charge in [-0.2, -0.15) is 0 Å². The van der Waals surface area contributed by atoms with Crippen LogP contribution in [0, 0.1) is 5.82 Å². The standard InChI is InChI=1S/C12H10FNO3/c13-9-4-2-1-3-8(9)10-5-7(6-15)11(14-10)12(16)17/h1-4,10-11,14H,5H2,(H,16,17). The van der Waals surface area contributed by atoms with E-state index in [9.17, 15) is 14.0 Å². The highest BCUT2D eigenvalue weighted by atomic mass is 19.1.